The molecule has 1 aromatic carbocycles. The summed E-state index contributed by atoms with van der Waals surface area (Å²) in [7, 11) is 3.95. The fourth-order valence-corrected chi connectivity index (χ4v) is 3.35. The monoisotopic (exact) mass is 338 g/mol. The highest BCUT2D eigenvalue weighted by Crippen LogP contribution is 2.26. The van der Waals surface area contributed by atoms with Gasteiger partial charge in [-0.2, -0.15) is 0 Å². The van der Waals surface area contributed by atoms with Crippen LogP contribution in [0.15, 0.2) is 22.7 Å². The Morgan fingerprint density at radius 2 is 1.95 bits per heavy atom. The van der Waals surface area contributed by atoms with E-state index in [1.54, 1.807) is 0 Å². The Morgan fingerprint density at radius 3 is 2.55 bits per heavy atom. The average Bonchev–Trinajstić information content (AvgIpc) is 2.48. The topological polar surface area (TPSA) is 32.3 Å². The number of aryl methyl sites for hydroxylation is 1. The molecule has 20 heavy (non-hydrogen) atoms. The molecule has 0 aromatic heterocycles. The van der Waals surface area contributed by atoms with E-state index in [1.807, 2.05) is 44.1 Å². The van der Waals surface area contributed by atoms with Crippen LogP contribution in [0.25, 0.3) is 0 Å². The Kier molecular flexibility index (Phi) is 5.22. The lowest BCUT2D eigenvalue weighted by Crippen LogP contribution is -2.42. The second kappa shape index (κ2) is 6.72. The van der Waals surface area contributed by atoms with Crippen LogP contribution in [0.2, 0.25) is 0 Å². The molecule has 0 unspecified atom stereocenters. The molecule has 1 aliphatic carbocycles. The average molecular weight is 339 g/mol. The van der Waals surface area contributed by atoms with Crippen molar-refractivity contribution < 1.29 is 4.79 Å². The third-order valence-electron chi connectivity index (χ3n) is 4.40. The van der Waals surface area contributed by atoms with Crippen molar-refractivity contribution in [1.82, 2.24) is 10.2 Å². The van der Waals surface area contributed by atoms with Crippen LogP contribution in [0.1, 0.15) is 41.6 Å². The van der Waals surface area contributed by atoms with E-state index in [0.717, 1.165) is 41.3 Å². The highest BCUT2D eigenvalue weighted by Gasteiger charge is 2.27. The van der Waals surface area contributed by atoms with Crippen LogP contribution >= 0.6 is 15.9 Å². The molecule has 1 amide bonds. The molecule has 4 heteroatoms. The number of amides is 1. The minimum atomic E-state index is 0.119. The third kappa shape index (κ3) is 3.23. The van der Waals surface area contributed by atoms with E-state index in [0.29, 0.717) is 12.1 Å². The van der Waals surface area contributed by atoms with Gasteiger partial charge in [-0.05, 0) is 67.2 Å². The Morgan fingerprint density at radius 1 is 1.30 bits per heavy atom. The number of nitrogens with one attached hydrogen (secondary N) is 1. The zero-order valence-electron chi connectivity index (χ0n) is 12.4. The van der Waals surface area contributed by atoms with Crippen molar-refractivity contribution >= 4 is 21.8 Å². The van der Waals surface area contributed by atoms with Gasteiger partial charge >= 0.3 is 0 Å². The lowest BCUT2D eigenvalue weighted by molar-refractivity contribution is 0.0684. The summed E-state index contributed by atoms with van der Waals surface area (Å²) >= 11 is 3.54. The Bertz CT molecular complexity index is 481. The third-order valence-corrected chi connectivity index (χ3v) is 5.45. The van der Waals surface area contributed by atoms with Gasteiger partial charge in [0.25, 0.3) is 5.91 Å². The Hall–Kier alpha value is -0.870. The van der Waals surface area contributed by atoms with Gasteiger partial charge in [0.15, 0.2) is 0 Å². The molecule has 0 aliphatic heterocycles. The van der Waals surface area contributed by atoms with Crippen molar-refractivity contribution in [2.45, 2.75) is 44.7 Å². The summed E-state index contributed by atoms with van der Waals surface area (Å²) in [5.74, 6) is 0.119. The summed E-state index contributed by atoms with van der Waals surface area (Å²) in [6.45, 7) is 2.01. The molecule has 1 fully saturated rings. The number of hydrogen-bond donors (Lipinski definition) is 1. The molecule has 0 heterocycles. The smallest absolute Gasteiger partial charge is 0.254 e. The fraction of sp³-hybridized carbons (Fsp3) is 0.562. The van der Waals surface area contributed by atoms with Crippen LogP contribution < -0.4 is 5.32 Å². The maximum absolute atomic E-state index is 12.6. The van der Waals surface area contributed by atoms with Crippen LogP contribution in [-0.2, 0) is 0 Å². The summed E-state index contributed by atoms with van der Waals surface area (Å²) in [5, 5.41) is 3.33. The normalized spacial score (nSPS) is 22.6. The van der Waals surface area contributed by atoms with E-state index in [9.17, 15) is 4.79 Å². The lowest BCUT2D eigenvalue weighted by Gasteiger charge is -2.34. The molecule has 1 aliphatic rings. The van der Waals surface area contributed by atoms with E-state index in [-0.39, 0.29) is 5.91 Å². The molecule has 0 saturated heterocycles. The maximum atomic E-state index is 12.6. The van der Waals surface area contributed by atoms with Gasteiger partial charge in [-0.25, -0.2) is 0 Å². The summed E-state index contributed by atoms with van der Waals surface area (Å²) in [5.41, 5.74) is 1.87. The van der Waals surface area contributed by atoms with E-state index in [2.05, 4.69) is 21.2 Å². The number of benzene rings is 1. The SMILES string of the molecule is CNC1CCC(N(C)C(=O)c2cccc(C)c2Br)CC1. The summed E-state index contributed by atoms with van der Waals surface area (Å²) < 4.78 is 0.917. The second-order valence-corrected chi connectivity index (χ2v) is 6.44. The molecule has 0 bridgehead atoms. The van der Waals surface area contributed by atoms with Crippen LogP contribution in [0.4, 0.5) is 0 Å². The van der Waals surface area contributed by atoms with E-state index in [4.69, 9.17) is 0 Å². The predicted octanol–water partition coefficient (Wildman–Crippen LogP) is 3.36. The van der Waals surface area contributed by atoms with Crippen LogP contribution in [0.5, 0.6) is 0 Å². The first kappa shape index (κ1) is 15.5. The van der Waals surface area contributed by atoms with Crippen molar-refractivity contribution in [3.8, 4) is 0 Å². The molecule has 3 nitrogen and oxygen atoms in total. The van der Waals surface area contributed by atoms with Crippen LogP contribution in [0.3, 0.4) is 0 Å². The van der Waals surface area contributed by atoms with Gasteiger partial charge in [0, 0.05) is 23.6 Å². The molecular weight excluding hydrogens is 316 g/mol. The quantitative estimate of drug-likeness (QED) is 0.916. The maximum Gasteiger partial charge on any atom is 0.254 e. The largest absolute Gasteiger partial charge is 0.339 e. The molecule has 2 rings (SSSR count). The fourth-order valence-electron chi connectivity index (χ4n) is 2.92. The lowest BCUT2D eigenvalue weighted by atomic mass is 9.90. The Balaban J connectivity index is 2.07. The van der Waals surface area contributed by atoms with Crippen LogP contribution in [0, 0.1) is 6.92 Å². The number of hydrogen-bond acceptors (Lipinski definition) is 2. The highest BCUT2D eigenvalue weighted by atomic mass is 79.9. The minimum absolute atomic E-state index is 0.119. The summed E-state index contributed by atoms with van der Waals surface area (Å²) in [6, 6.07) is 6.83. The number of nitrogens with zero attached hydrogens (tertiary/aromatic N) is 1. The van der Waals surface area contributed by atoms with Gasteiger partial charge in [-0.1, -0.05) is 12.1 Å². The second-order valence-electron chi connectivity index (χ2n) is 5.65. The molecule has 0 spiro atoms. The van der Waals surface area contributed by atoms with E-state index in [1.165, 1.54) is 0 Å². The highest BCUT2D eigenvalue weighted by molar-refractivity contribution is 9.10. The standard InChI is InChI=1S/C16H23BrN2O/c1-11-5-4-6-14(15(11)17)16(20)19(3)13-9-7-12(18-2)8-10-13/h4-6,12-13,18H,7-10H2,1-3H3. The van der Waals surface area contributed by atoms with Gasteiger partial charge in [0.2, 0.25) is 0 Å². The van der Waals surface area contributed by atoms with Gasteiger partial charge < -0.3 is 10.2 Å². The van der Waals surface area contributed by atoms with Crippen molar-refractivity contribution in [2.24, 2.45) is 0 Å². The van der Waals surface area contributed by atoms with Crippen LogP contribution in [-0.4, -0.2) is 37.0 Å². The van der Waals surface area contributed by atoms with Crippen molar-refractivity contribution in [3.05, 3.63) is 33.8 Å². The zero-order chi connectivity index (χ0) is 14.7. The van der Waals surface area contributed by atoms with Gasteiger partial charge in [-0.15, -0.1) is 0 Å². The number of rotatable bonds is 3. The van der Waals surface area contributed by atoms with Gasteiger partial charge in [0.05, 0.1) is 5.56 Å². The molecule has 0 atom stereocenters. The molecule has 1 N–H and O–H groups in total. The molecule has 1 aromatic rings. The minimum Gasteiger partial charge on any atom is -0.339 e. The van der Waals surface area contributed by atoms with Crippen molar-refractivity contribution in [2.75, 3.05) is 14.1 Å². The van der Waals surface area contributed by atoms with Gasteiger partial charge in [0.1, 0.15) is 0 Å². The summed E-state index contributed by atoms with van der Waals surface area (Å²) in [6.07, 6.45) is 4.45. The van der Waals surface area contributed by atoms with E-state index < -0.39 is 0 Å². The first-order valence-electron chi connectivity index (χ1n) is 7.24. The first-order chi connectivity index (χ1) is 9.54. The van der Waals surface area contributed by atoms with Crippen molar-refractivity contribution in [3.63, 3.8) is 0 Å². The molecule has 110 valence electrons. The number of carbonyl (C=O) groups excluding carboxylic acids is 1. The van der Waals surface area contributed by atoms with E-state index >= 15 is 0 Å². The first-order valence-corrected chi connectivity index (χ1v) is 8.03. The molecular formula is C16H23BrN2O. The predicted molar refractivity (Wildman–Crippen MR) is 86.1 cm³/mol. The molecule has 1 saturated carbocycles. The van der Waals surface area contributed by atoms with Crippen molar-refractivity contribution in [1.29, 1.82) is 0 Å². The zero-order valence-corrected chi connectivity index (χ0v) is 14.0. The molecule has 0 radical (unpaired) electrons. The Labute approximate surface area is 129 Å². The van der Waals surface area contributed by atoms with Gasteiger partial charge in [-0.3, -0.25) is 4.79 Å². The number of halogens is 1. The summed E-state index contributed by atoms with van der Waals surface area (Å²) in [4.78, 5) is 14.6. The number of carbonyl (C=O) groups is 1.